The lowest BCUT2D eigenvalue weighted by Crippen LogP contribution is -2.40. The highest BCUT2D eigenvalue weighted by atomic mass is 35.5. The van der Waals surface area contributed by atoms with Crippen molar-refractivity contribution in [2.45, 2.75) is 32.4 Å². The summed E-state index contributed by atoms with van der Waals surface area (Å²) in [5, 5.41) is 3.35. The second kappa shape index (κ2) is 8.01. The molecule has 150 valence electrons. The third-order valence-electron chi connectivity index (χ3n) is 4.68. The first-order chi connectivity index (χ1) is 13.1. The average molecular weight is 423 g/mol. The van der Waals surface area contributed by atoms with E-state index >= 15 is 0 Å². The van der Waals surface area contributed by atoms with Crippen molar-refractivity contribution in [1.29, 1.82) is 0 Å². The van der Waals surface area contributed by atoms with E-state index < -0.39 is 16.1 Å². The van der Waals surface area contributed by atoms with E-state index in [1.165, 1.54) is 10.4 Å². The second-order valence-electron chi connectivity index (χ2n) is 6.98. The monoisotopic (exact) mass is 422 g/mol. The molecular weight excluding hydrogens is 400 g/mol. The summed E-state index contributed by atoms with van der Waals surface area (Å²) < 4.78 is 31.5. The molecule has 0 saturated heterocycles. The van der Waals surface area contributed by atoms with E-state index in [0.717, 1.165) is 17.4 Å². The number of hydrogen-bond acceptors (Lipinski definition) is 4. The molecule has 1 N–H and O–H groups in total. The molecule has 0 aromatic heterocycles. The smallest absolute Gasteiger partial charge is 0.261 e. The van der Waals surface area contributed by atoms with Gasteiger partial charge in [-0.3, -0.25) is 9.10 Å². The van der Waals surface area contributed by atoms with Gasteiger partial charge in [0.1, 0.15) is 5.75 Å². The topological polar surface area (TPSA) is 75.7 Å². The summed E-state index contributed by atoms with van der Waals surface area (Å²) in [6.45, 7) is 4.03. The third-order valence-corrected chi connectivity index (χ3v) is 6.10. The Morgan fingerprint density at radius 2 is 1.93 bits per heavy atom. The van der Waals surface area contributed by atoms with Gasteiger partial charge >= 0.3 is 0 Å². The molecule has 0 spiro atoms. The van der Waals surface area contributed by atoms with Crippen LogP contribution in [0.15, 0.2) is 42.5 Å². The summed E-state index contributed by atoms with van der Waals surface area (Å²) in [5.74, 6) is 0.0276. The zero-order valence-corrected chi connectivity index (χ0v) is 17.5. The van der Waals surface area contributed by atoms with E-state index in [0.29, 0.717) is 16.5 Å². The molecular formula is C20H23ClN2O4S. The molecule has 3 rings (SSSR count). The first kappa shape index (κ1) is 20.5. The van der Waals surface area contributed by atoms with Crippen LogP contribution in [0.5, 0.6) is 5.75 Å². The number of anilines is 1. The van der Waals surface area contributed by atoms with Crippen molar-refractivity contribution in [2.24, 2.45) is 0 Å². The van der Waals surface area contributed by atoms with Crippen LogP contribution in [0.3, 0.4) is 0 Å². The van der Waals surface area contributed by atoms with Crippen LogP contribution in [0.4, 0.5) is 5.69 Å². The van der Waals surface area contributed by atoms with Crippen molar-refractivity contribution in [1.82, 2.24) is 5.32 Å². The minimum atomic E-state index is -3.54. The van der Waals surface area contributed by atoms with Crippen molar-refractivity contribution in [3.05, 3.63) is 58.6 Å². The Balaban J connectivity index is 1.81. The number of ether oxygens (including phenoxy) is 1. The fourth-order valence-electron chi connectivity index (χ4n) is 3.13. The Bertz CT molecular complexity index is 976. The number of fused-ring (bicyclic) bond motifs is 1. The minimum absolute atomic E-state index is 0.128. The number of sulfonamides is 1. The fraction of sp³-hybridized carbons (Fsp3) is 0.350. The van der Waals surface area contributed by atoms with E-state index in [1.807, 2.05) is 38.1 Å². The van der Waals surface area contributed by atoms with E-state index in [4.69, 9.17) is 16.3 Å². The van der Waals surface area contributed by atoms with Crippen molar-refractivity contribution in [3.63, 3.8) is 0 Å². The van der Waals surface area contributed by atoms with Crippen molar-refractivity contribution < 1.29 is 17.9 Å². The number of aryl methyl sites for hydroxylation is 1. The number of benzene rings is 2. The minimum Gasteiger partial charge on any atom is -0.478 e. The van der Waals surface area contributed by atoms with Gasteiger partial charge in [0.05, 0.1) is 18.0 Å². The number of rotatable bonds is 4. The fourth-order valence-corrected chi connectivity index (χ4v) is 4.23. The predicted octanol–water partition coefficient (Wildman–Crippen LogP) is 3.44. The highest BCUT2D eigenvalue weighted by Crippen LogP contribution is 2.36. The van der Waals surface area contributed by atoms with Gasteiger partial charge < -0.3 is 10.1 Å². The lowest BCUT2D eigenvalue weighted by molar-refractivity contribution is -0.128. The molecule has 8 heteroatoms. The zero-order valence-electron chi connectivity index (χ0n) is 16.0. The Hall–Kier alpha value is -2.25. The Kier molecular flexibility index (Phi) is 5.86. The number of halogens is 1. The van der Waals surface area contributed by atoms with Gasteiger partial charge in [-0.05, 0) is 37.6 Å². The average Bonchev–Trinajstić information content (AvgIpc) is 2.81. The second-order valence-corrected chi connectivity index (χ2v) is 9.33. The summed E-state index contributed by atoms with van der Waals surface area (Å²) in [7, 11) is -3.54. The molecule has 0 bridgehead atoms. The summed E-state index contributed by atoms with van der Waals surface area (Å²) in [5.41, 5.74) is 2.47. The molecule has 2 aromatic carbocycles. The number of nitrogens with one attached hydrogen (secondary N) is 1. The summed E-state index contributed by atoms with van der Waals surface area (Å²) in [4.78, 5) is 12.8. The molecule has 1 aliphatic heterocycles. The molecule has 0 radical (unpaired) electrons. The summed E-state index contributed by atoms with van der Waals surface area (Å²) >= 11 is 6.04. The lowest BCUT2D eigenvalue weighted by atomic mass is 10.1. The molecule has 2 atom stereocenters. The molecule has 2 aromatic rings. The molecule has 0 fully saturated rings. The highest BCUT2D eigenvalue weighted by Gasteiger charge is 2.31. The number of amides is 1. The van der Waals surface area contributed by atoms with Crippen LogP contribution in [0.2, 0.25) is 5.02 Å². The van der Waals surface area contributed by atoms with Gasteiger partial charge in [-0.2, -0.15) is 0 Å². The van der Waals surface area contributed by atoms with Crippen LogP contribution < -0.4 is 14.4 Å². The molecule has 0 unspecified atom stereocenters. The summed E-state index contributed by atoms with van der Waals surface area (Å²) in [6, 6.07) is 12.5. The van der Waals surface area contributed by atoms with Crippen LogP contribution in [-0.4, -0.2) is 33.2 Å². The normalized spacial score (nSPS) is 17.9. The van der Waals surface area contributed by atoms with Crippen LogP contribution in [0.1, 0.15) is 30.5 Å². The van der Waals surface area contributed by atoms with Gasteiger partial charge in [0.15, 0.2) is 6.10 Å². The van der Waals surface area contributed by atoms with Crippen molar-refractivity contribution >= 4 is 33.2 Å². The Morgan fingerprint density at radius 3 is 2.57 bits per heavy atom. The van der Waals surface area contributed by atoms with Crippen LogP contribution >= 0.6 is 11.6 Å². The van der Waals surface area contributed by atoms with E-state index in [-0.39, 0.29) is 24.9 Å². The van der Waals surface area contributed by atoms with E-state index in [2.05, 4.69) is 5.32 Å². The molecule has 1 amide bonds. The van der Waals surface area contributed by atoms with Gasteiger partial charge in [0.25, 0.3) is 5.91 Å². The number of carbonyl (C=O) groups is 1. The van der Waals surface area contributed by atoms with Crippen molar-refractivity contribution in [3.8, 4) is 5.75 Å². The Morgan fingerprint density at radius 1 is 1.25 bits per heavy atom. The highest BCUT2D eigenvalue weighted by molar-refractivity contribution is 7.92. The van der Waals surface area contributed by atoms with Gasteiger partial charge in [-0.15, -0.1) is 0 Å². The summed E-state index contributed by atoms with van der Waals surface area (Å²) in [6.07, 6.45) is 0.545. The number of hydrogen-bond donors (Lipinski definition) is 1. The standard InChI is InChI=1S/C20H23ClN2O4S/c1-13-4-6-15(7-5-13)14(2)22-20(24)19-10-11-23(28(3,25)26)17-12-16(21)8-9-18(17)27-19/h4-9,12,14,19H,10-11H2,1-3H3,(H,22,24)/t14-,19+/m1/s1. The van der Waals surface area contributed by atoms with Gasteiger partial charge in [0, 0.05) is 18.0 Å². The van der Waals surface area contributed by atoms with Crippen LogP contribution in [0.25, 0.3) is 0 Å². The molecule has 6 nitrogen and oxygen atoms in total. The zero-order chi connectivity index (χ0) is 20.5. The molecule has 0 saturated carbocycles. The lowest BCUT2D eigenvalue weighted by Gasteiger charge is -2.21. The first-order valence-electron chi connectivity index (χ1n) is 8.96. The van der Waals surface area contributed by atoms with Crippen LogP contribution in [0, 0.1) is 6.92 Å². The molecule has 1 aliphatic rings. The maximum atomic E-state index is 12.8. The first-order valence-corrected chi connectivity index (χ1v) is 11.2. The van der Waals surface area contributed by atoms with E-state index in [9.17, 15) is 13.2 Å². The van der Waals surface area contributed by atoms with Gasteiger partial charge in [-0.1, -0.05) is 41.4 Å². The quantitative estimate of drug-likeness (QED) is 0.818. The molecule has 0 aliphatic carbocycles. The predicted molar refractivity (Wildman–Crippen MR) is 110 cm³/mol. The van der Waals surface area contributed by atoms with Gasteiger partial charge in [-0.25, -0.2) is 8.42 Å². The van der Waals surface area contributed by atoms with E-state index in [1.54, 1.807) is 12.1 Å². The Labute approximate surface area is 170 Å². The largest absolute Gasteiger partial charge is 0.478 e. The molecule has 28 heavy (non-hydrogen) atoms. The maximum absolute atomic E-state index is 12.8. The number of nitrogens with zero attached hydrogens (tertiary/aromatic N) is 1. The molecule has 1 heterocycles. The van der Waals surface area contributed by atoms with Crippen molar-refractivity contribution in [2.75, 3.05) is 17.1 Å². The SMILES string of the molecule is Cc1ccc([C@@H](C)NC(=O)[C@@H]2CCN(S(C)(=O)=O)c3cc(Cl)ccc3O2)cc1. The third kappa shape index (κ3) is 4.59. The maximum Gasteiger partial charge on any atom is 0.261 e. The van der Waals surface area contributed by atoms with Gasteiger partial charge in [0.2, 0.25) is 10.0 Å². The van der Waals surface area contributed by atoms with Crippen LogP contribution in [-0.2, 0) is 14.8 Å². The number of carbonyl (C=O) groups excluding carboxylic acids is 1.